The summed E-state index contributed by atoms with van der Waals surface area (Å²) >= 11 is 3.39. The van der Waals surface area contributed by atoms with Crippen molar-refractivity contribution >= 4 is 26.9 Å². The zero-order chi connectivity index (χ0) is 14.1. The van der Waals surface area contributed by atoms with Gasteiger partial charge in [-0.25, -0.2) is 9.82 Å². The van der Waals surface area contributed by atoms with Crippen molar-refractivity contribution < 1.29 is 8.81 Å². The molecule has 0 bridgehead atoms. The molecule has 0 saturated carbocycles. The lowest BCUT2D eigenvalue weighted by molar-refractivity contribution is 0.465. The first kappa shape index (κ1) is 13.3. The Kier molecular flexibility index (Phi) is 3.56. The fourth-order valence-corrected chi connectivity index (χ4v) is 2.45. The van der Waals surface area contributed by atoms with Crippen molar-refractivity contribution in [3.63, 3.8) is 0 Å². The molecule has 20 heavy (non-hydrogen) atoms. The summed E-state index contributed by atoms with van der Waals surface area (Å²) in [4.78, 5) is 0. The highest BCUT2D eigenvalue weighted by Gasteiger charge is 2.18. The van der Waals surface area contributed by atoms with Crippen molar-refractivity contribution in [2.75, 3.05) is 0 Å². The zero-order valence-electron chi connectivity index (χ0n) is 10.4. The van der Waals surface area contributed by atoms with E-state index in [1.54, 1.807) is 18.2 Å². The molecule has 2 aromatic carbocycles. The number of furan rings is 1. The normalized spacial score (nSPS) is 12.8. The van der Waals surface area contributed by atoms with Crippen LogP contribution in [0.4, 0.5) is 4.39 Å². The van der Waals surface area contributed by atoms with Crippen LogP contribution in [0.15, 0.2) is 57.4 Å². The Morgan fingerprint density at radius 1 is 1.15 bits per heavy atom. The van der Waals surface area contributed by atoms with Gasteiger partial charge in [0.05, 0.1) is 0 Å². The lowest BCUT2D eigenvalue weighted by atomic mass is 10.1. The van der Waals surface area contributed by atoms with E-state index in [0.717, 1.165) is 15.4 Å². The highest BCUT2D eigenvalue weighted by Crippen LogP contribution is 2.29. The van der Waals surface area contributed by atoms with Gasteiger partial charge in [-0.1, -0.05) is 40.2 Å². The summed E-state index contributed by atoms with van der Waals surface area (Å²) in [5.41, 5.74) is 3.89. The minimum atomic E-state index is -0.375. The van der Waals surface area contributed by atoms with Gasteiger partial charge in [0.2, 0.25) is 0 Å². The number of fused-ring (bicyclic) bond motifs is 1. The van der Waals surface area contributed by atoms with Crippen LogP contribution in [-0.4, -0.2) is 0 Å². The predicted octanol–water partition coefficient (Wildman–Crippen LogP) is 3.89. The Bertz CT molecular complexity index is 739. The van der Waals surface area contributed by atoms with E-state index in [1.165, 1.54) is 6.07 Å². The lowest BCUT2D eigenvalue weighted by Gasteiger charge is -2.13. The van der Waals surface area contributed by atoms with Crippen molar-refractivity contribution in [2.45, 2.75) is 6.04 Å². The van der Waals surface area contributed by atoms with Gasteiger partial charge >= 0.3 is 0 Å². The minimum Gasteiger partial charge on any atom is -0.456 e. The van der Waals surface area contributed by atoms with Crippen LogP contribution < -0.4 is 11.3 Å². The maximum absolute atomic E-state index is 13.7. The van der Waals surface area contributed by atoms with E-state index in [2.05, 4.69) is 21.4 Å². The summed E-state index contributed by atoms with van der Waals surface area (Å²) in [6.45, 7) is 0. The van der Waals surface area contributed by atoms with Crippen LogP contribution in [0.25, 0.3) is 11.0 Å². The molecular formula is C15H12BrFN2O. The molecule has 3 rings (SSSR count). The average Bonchev–Trinajstić information content (AvgIpc) is 2.87. The average molecular weight is 335 g/mol. The molecule has 0 fully saturated rings. The quantitative estimate of drug-likeness (QED) is 0.564. The largest absolute Gasteiger partial charge is 0.456 e. The molecule has 102 valence electrons. The van der Waals surface area contributed by atoms with Gasteiger partial charge in [0.15, 0.2) is 11.4 Å². The second kappa shape index (κ2) is 5.36. The maximum atomic E-state index is 13.7. The molecule has 0 spiro atoms. The van der Waals surface area contributed by atoms with Gasteiger partial charge in [-0.05, 0) is 29.8 Å². The monoisotopic (exact) mass is 334 g/mol. The van der Waals surface area contributed by atoms with Crippen LogP contribution in [0.1, 0.15) is 17.4 Å². The second-order valence-corrected chi connectivity index (χ2v) is 5.37. The van der Waals surface area contributed by atoms with Crippen molar-refractivity contribution in [2.24, 2.45) is 5.84 Å². The first-order chi connectivity index (χ1) is 9.69. The number of hydrogen-bond acceptors (Lipinski definition) is 3. The molecule has 1 atom stereocenters. The topological polar surface area (TPSA) is 51.2 Å². The molecule has 3 nitrogen and oxygen atoms in total. The molecule has 1 heterocycles. The fraction of sp³-hybridized carbons (Fsp3) is 0.0667. The van der Waals surface area contributed by atoms with E-state index < -0.39 is 0 Å². The first-order valence-corrected chi connectivity index (χ1v) is 6.88. The van der Waals surface area contributed by atoms with Crippen molar-refractivity contribution in [3.8, 4) is 0 Å². The molecular weight excluding hydrogens is 323 g/mol. The van der Waals surface area contributed by atoms with Gasteiger partial charge < -0.3 is 4.42 Å². The number of hydrogen-bond donors (Lipinski definition) is 2. The third-order valence-corrected chi connectivity index (χ3v) is 3.70. The van der Waals surface area contributed by atoms with E-state index in [4.69, 9.17) is 10.3 Å². The van der Waals surface area contributed by atoms with Crippen LogP contribution in [0.5, 0.6) is 0 Å². The summed E-state index contributed by atoms with van der Waals surface area (Å²) in [5.74, 6) is 5.82. The van der Waals surface area contributed by atoms with Crippen molar-refractivity contribution in [3.05, 3.63) is 70.1 Å². The number of benzene rings is 2. The van der Waals surface area contributed by atoms with E-state index >= 15 is 0 Å². The van der Waals surface area contributed by atoms with E-state index in [0.29, 0.717) is 5.76 Å². The Morgan fingerprint density at radius 3 is 2.55 bits per heavy atom. The Labute approximate surface area is 123 Å². The number of halogens is 2. The van der Waals surface area contributed by atoms with E-state index in [9.17, 15) is 4.39 Å². The van der Waals surface area contributed by atoms with Gasteiger partial charge in [0.1, 0.15) is 11.8 Å². The summed E-state index contributed by atoms with van der Waals surface area (Å²) in [5, 5.41) is 0.720. The Morgan fingerprint density at radius 2 is 1.90 bits per heavy atom. The number of hydrazine groups is 1. The molecule has 0 saturated heterocycles. The zero-order valence-corrected chi connectivity index (χ0v) is 12.0. The van der Waals surface area contributed by atoms with Gasteiger partial charge in [-0.3, -0.25) is 5.84 Å². The standard InChI is InChI=1S/C15H12BrFN2O/c16-11-6-4-9(5-7-11)14(19-18)13-8-10-2-1-3-12(17)15(10)20-13/h1-8,14,19H,18H2. The summed E-state index contributed by atoms with van der Waals surface area (Å²) < 4.78 is 20.3. The van der Waals surface area contributed by atoms with Crippen LogP contribution in [0, 0.1) is 5.82 Å². The Balaban J connectivity index is 2.07. The van der Waals surface area contributed by atoms with Gasteiger partial charge in [-0.2, -0.15) is 0 Å². The van der Waals surface area contributed by atoms with Crippen LogP contribution in [0.2, 0.25) is 0 Å². The molecule has 0 amide bonds. The summed E-state index contributed by atoms with van der Waals surface area (Å²) in [6, 6.07) is 14.0. The molecule has 3 aromatic rings. The fourth-order valence-electron chi connectivity index (χ4n) is 2.19. The summed E-state index contributed by atoms with van der Waals surface area (Å²) in [6.07, 6.45) is 0. The smallest absolute Gasteiger partial charge is 0.169 e. The highest BCUT2D eigenvalue weighted by molar-refractivity contribution is 9.10. The molecule has 1 aromatic heterocycles. The molecule has 0 aliphatic rings. The molecule has 0 radical (unpaired) electrons. The van der Waals surface area contributed by atoms with Crippen molar-refractivity contribution in [1.82, 2.24) is 5.43 Å². The van der Waals surface area contributed by atoms with Crippen LogP contribution in [-0.2, 0) is 0 Å². The highest BCUT2D eigenvalue weighted by atomic mass is 79.9. The van der Waals surface area contributed by atoms with Crippen LogP contribution >= 0.6 is 15.9 Å². The Hall–Kier alpha value is -1.69. The minimum absolute atomic E-state index is 0.250. The molecule has 5 heteroatoms. The maximum Gasteiger partial charge on any atom is 0.169 e. The second-order valence-electron chi connectivity index (χ2n) is 4.46. The molecule has 1 unspecified atom stereocenters. The van der Waals surface area contributed by atoms with E-state index in [-0.39, 0.29) is 17.4 Å². The predicted molar refractivity (Wildman–Crippen MR) is 79.5 cm³/mol. The van der Waals surface area contributed by atoms with Gasteiger partial charge in [0, 0.05) is 9.86 Å². The SMILES string of the molecule is NNC(c1ccc(Br)cc1)c1cc2cccc(F)c2o1. The number of para-hydroxylation sites is 1. The number of nitrogens with two attached hydrogens (primary N) is 1. The third kappa shape index (κ3) is 2.35. The third-order valence-electron chi connectivity index (χ3n) is 3.17. The summed E-state index contributed by atoms with van der Waals surface area (Å²) in [7, 11) is 0. The molecule has 0 aliphatic carbocycles. The van der Waals surface area contributed by atoms with E-state index in [1.807, 2.05) is 24.3 Å². The van der Waals surface area contributed by atoms with Crippen molar-refractivity contribution in [1.29, 1.82) is 0 Å². The van der Waals surface area contributed by atoms with Gasteiger partial charge in [-0.15, -0.1) is 0 Å². The number of rotatable bonds is 3. The first-order valence-electron chi connectivity index (χ1n) is 6.08. The molecule has 3 N–H and O–H groups in total. The lowest BCUT2D eigenvalue weighted by Crippen LogP contribution is -2.28. The van der Waals surface area contributed by atoms with Crippen LogP contribution in [0.3, 0.4) is 0 Å². The number of nitrogens with one attached hydrogen (secondary N) is 1. The van der Waals surface area contributed by atoms with Gasteiger partial charge in [0.25, 0.3) is 0 Å². The molecule has 0 aliphatic heterocycles.